The van der Waals surface area contributed by atoms with Gasteiger partial charge in [0.15, 0.2) is 0 Å². The van der Waals surface area contributed by atoms with Crippen LogP contribution in [0.15, 0.2) is 30.3 Å². The topological polar surface area (TPSA) is 57.6 Å². The van der Waals surface area contributed by atoms with Gasteiger partial charge in [-0.25, -0.2) is 0 Å². The van der Waals surface area contributed by atoms with Crippen LogP contribution in [0.2, 0.25) is 0 Å². The standard InChI is InChI=1S/C15H19NO3/c1-2-8-16(10-11-6-4-3-5-7-11)14(17)12-9-13(12)15(18)19/h3-7,12-13H,2,8-10H2,1H3,(H,18,19). The van der Waals surface area contributed by atoms with Gasteiger partial charge in [-0.15, -0.1) is 0 Å². The summed E-state index contributed by atoms with van der Waals surface area (Å²) in [5, 5.41) is 8.90. The fourth-order valence-corrected chi connectivity index (χ4v) is 2.32. The van der Waals surface area contributed by atoms with Crippen LogP contribution in [0.5, 0.6) is 0 Å². The zero-order valence-electron chi connectivity index (χ0n) is 11.1. The van der Waals surface area contributed by atoms with Crippen LogP contribution in [0.3, 0.4) is 0 Å². The highest BCUT2D eigenvalue weighted by Gasteiger charge is 2.49. The molecule has 1 saturated carbocycles. The number of carboxylic acid groups (broad SMARTS) is 1. The Morgan fingerprint density at radius 2 is 1.95 bits per heavy atom. The smallest absolute Gasteiger partial charge is 0.307 e. The third-order valence-corrected chi connectivity index (χ3v) is 3.45. The second-order valence-corrected chi connectivity index (χ2v) is 5.03. The SMILES string of the molecule is CCCN(Cc1ccccc1)C(=O)C1CC1C(=O)O. The van der Waals surface area contributed by atoms with Crippen molar-refractivity contribution in [3.63, 3.8) is 0 Å². The summed E-state index contributed by atoms with van der Waals surface area (Å²) in [6.07, 6.45) is 1.37. The molecule has 0 aliphatic heterocycles. The molecule has 0 saturated heterocycles. The Hall–Kier alpha value is -1.84. The molecule has 0 radical (unpaired) electrons. The molecule has 4 heteroatoms. The Bertz CT molecular complexity index is 458. The zero-order valence-corrected chi connectivity index (χ0v) is 11.1. The predicted octanol–water partition coefficient (Wildman–Crippen LogP) is 2.15. The van der Waals surface area contributed by atoms with Crippen LogP contribution in [0.25, 0.3) is 0 Å². The monoisotopic (exact) mass is 261 g/mol. The number of aliphatic carboxylic acids is 1. The number of carbonyl (C=O) groups is 2. The summed E-state index contributed by atoms with van der Waals surface area (Å²) in [6.45, 7) is 3.26. The first-order valence-electron chi connectivity index (χ1n) is 6.69. The molecule has 0 bridgehead atoms. The van der Waals surface area contributed by atoms with E-state index in [2.05, 4.69) is 0 Å². The number of rotatable bonds is 6. The number of hydrogen-bond acceptors (Lipinski definition) is 2. The van der Waals surface area contributed by atoms with Crippen molar-refractivity contribution < 1.29 is 14.7 Å². The quantitative estimate of drug-likeness (QED) is 0.853. The molecule has 1 aromatic carbocycles. The lowest BCUT2D eigenvalue weighted by Gasteiger charge is -2.22. The molecule has 1 fully saturated rings. The van der Waals surface area contributed by atoms with Gasteiger partial charge in [0.05, 0.1) is 11.8 Å². The average molecular weight is 261 g/mol. The Morgan fingerprint density at radius 3 is 2.47 bits per heavy atom. The number of carboxylic acids is 1. The van der Waals surface area contributed by atoms with Gasteiger partial charge in [0, 0.05) is 13.1 Å². The molecule has 19 heavy (non-hydrogen) atoms. The second kappa shape index (κ2) is 5.87. The van der Waals surface area contributed by atoms with E-state index in [9.17, 15) is 9.59 Å². The predicted molar refractivity (Wildman–Crippen MR) is 71.4 cm³/mol. The lowest BCUT2D eigenvalue weighted by molar-refractivity contribution is -0.142. The molecular weight excluding hydrogens is 242 g/mol. The fourth-order valence-electron chi connectivity index (χ4n) is 2.32. The summed E-state index contributed by atoms with van der Waals surface area (Å²) < 4.78 is 0. The molecule has 1 aliphatic rings. The Morgan fingerprint density at radius 1 is 1.26 bits per heavy atom. The Balaban J connectivity index is 2.00. The summed E-state index contributed by atoms with van der Waals surface area (Å²) in [6, 6.07) is 9.80. The van der Waals surface area contributed by atoms with Gasteiger partial charge in [-0.3, -0.25) is 9.59 Å². The molecule has 102 valence electrons. The average Bonchev–Trinajstić information content (AvgIpc) is 3.19. The number of hydrogen-bond donors (Lipinski definition) is 1. The van der Waals surface area contributed by atoms with Crippen LogP contribution in [0.1, 0.15) is 25.3 Å². The maximum Gasteiger partial charge on any atom is 0.307 e. The zero-order chi connectivity index (χ0) is 13.8. The van der Waals surface area contributed by atoms with Crippen molar-refractivity contribution in [2.24, 2.45) is 11.8 Å². The van der Waals surface area contributed by atoms with Crippen LogP contribution in [-0.2, 0) is 16.1 Å². The van der Waals surface area contributed by atoms with Crippen molar-refractivity contribution in [3.8, 4) is 0 Å². The minimum absolute atomic E-state index is 0.0156. The van der Waals surface area contributed by atoms with E-state index >= 15 is 0 Å². The third kappa shape index (κ3) is 3.34. The summed E-state index contributed by atoms with van der Waals surface area (Å²) in [5.74, 6) is -1.65. The van der Waals surface area contributed by atoms with Crippen molar-refractivity contribution in [1.82, 2.24) is 4.90 Å². The minimum Gasteiger partial charge on any atom is -0.481 e. The molecule has 1 aromatic rings. The van der Waals surface area contributed by atoms with E-state index in [1.54, 1.807) is 4.90 Å². The van der Waals surface area contributed by atoms with Gasteiger partial charge in [0.25, 0.3) is 0 Å². The maximum absolute atomic E-state index is 12.3. The maximum atomic E-state index is 12.3. The van der Waals surface area contributed by atoms with Crippen molar-refractivity contribution in [3.05, 3.63) is 35.9 Å². The van der Waals surface area contributed by atoms with Crippen LogP contribution in [0, 0.1) is 11.8 Å². The number of amides is 1. The van der Waals surface area contributed by atoms with E-state index in [4.69, 9.17) is 5.11 Å². The first-order chi connectivity index (χ1) is 9.13. The lowest BCUT2D eigenvalue weighted by Crippen LogP contribution is -2.33. The molecular formula is C15H19NO3. The van der Waals surface area contributed by atoms with E-state index < -0.39 is 11.9 Å². The number of nitrogens with zero attached hydrogens (tertiary/aromatic N) is 1. The van der Waals surface area contributed by atoms with E-state index in [-0.39, 0.29) is 11.8 Å². The molecule has 0 aromatic heterocycles. The van der Waals surface area contributed by atoms with E-state index in [1.165, 1.54) is 0 Å². The second-order valence-electron chi connectivity index (χ2n) is 5.03. The molecule has 4 nitrogen and oxygen atoms in total. The van der Waals surface area contributed by atoms with E-state index in [0.29, 0.717) is 19.5 Å². The molecule has 1 amide bonds. The van der Waals surface area contributed by atoms with E-state index in [0.717, 1.165) is 12.0 Å². The van der Waals surface area contributed by atoms with Crippen molar-refractivity contribution in [2.45, 2.75) is 26.3 Å². The molecule has 0 heterocycles. The summed E-state index contributed by atoms with van der Waals surface area (Å²) in [5.41, 5.74) is 1.08. The van der Waals surface area contributed by atoms with Crippen LogP contribution in [0.4, 0.5) is 0 Å². The van der Waals surface area contributed by atoms with Crippen LogP contribution >= 0.6 is 0 Å². The van der Waals surface area contributed by atoms with Crippen molar-refractivity contribution in [2.75, 3.05) is 6.54 Å². The molecule has 2 rings (SSSR count). The van der Waals surface area contributed by atoms with Crippen LogP contribution in [-0.4, -0.2) is 28.4 Å². The Labute approximate surface area is 113 Å². The molecule has 2 unspecified atom stereocenters. The minimum atomic E-state index is -0.852. The van der Waals surface area contributed by atoms with Crippen molar-refractivity contribution in [1.29, 1.82) is 0 Å². The van der Waals surface area contributed by atoms with Crippen LogP contribution < -0.4 is 0 Å². The summed E-state index contributed by atoms with van der Waals surface area (Å²) >= 11 is 0. The van der Waals surface area contributed by atoms with Gasteiger partial charge >= 0.3 is 5.97 Å². The molecule has 1 aliphatic carbocycles. The highest BCUT2D eigenvalue weighted by Crippen LogP contribution is 2.40. The molecule has 2 atom stereocenters. The number of carbonyl (C=O) groups excluding carboxylic acids is 1. The fraction of sp³-hybridized carbons (Fsp3) is 0.467. The highest BCUT2D eigenvalue weighted by atomic mass is 16.4. The first-order valence-corrected chi connectivity index (χ1v) is 6.69. The van der Waals surface area contributed by atoms with Gasteiger partial charge in [0.2, 0.25) is 5.91 Å². The lowest BCUT2D eigenvalue weighted by atomic mass is 10.2. The largest absolute Gasteiger partial charge is 0.481 e. The van der Waals surface area contributed by atoms with Gasteiger partial charge < -0.3 is 10.0 Å². The van der Waals surface area contributed by atoms with Crippen molar-refractivity contribution >= 4 is 11.9 Å². The van der Waals surface area contributed by atoms with Gasteiger partial charge in [-0.1, -0.05) is 37.3 Å². The summed E-state index contributed by atoms with van der Waals surface area (Å²) in [4.78, 5) is 24.9. The third-order valence-electron chi connectivity index (χ3n) is 3.45. The normalized spacial score (nSPS) is 20.9. The highest BCUT2D eigenvalue weighted by molar-refractivity contribution is 5.89. The number of benzene rings is 1. The van der Waals surface area contributed by atoms with Gasteiger partial charge in [0.1, 0.15) is 0 Å². The molecule has 0 spiro atoms. The Kier molecular flexibility index (Phi) is 4.20. The van der Waals surface area contributed by atoms with E-state index in [1.807, 2.05) is 37.3 Å². The van der Waals surface area contributed by atoms with Gasteiger partial charge in [-0.2, -0.15) is 0 Å². The summed E-state index contributed by atoms with van der Waals surface area (Å²) in [7, 11) is 0. The first kappa shape index (κ1) is 13.6. The molecule has 1 N–H and O–H groups in total. The van der Waals surface area contributed by atoms with Gasteiger partial charge in [-0.05, 0) is 18.4 Å².